The number of hydrogen-bond donors (Lipinski definition) is 0. The second kappa shape index (κ2) is 7.55. The first-order chi connectivity index (χ1) is 14.6. The molecule has 5 nitrogen and oxygen atoms in total. The summed E-state index contributed by atoms with van der Waals surface area (Å²) >= 11 is 0. The third kappa shape index (κ3) is 3.34. The SMILES string of the molecule is O=S(=O)(c1nc(-c2ccccc2)oc1-c1ccccc1)N1CCc2ccccc2C1. The largest absolute Gasteiger partial charge is 0.435 e. The summed E-state index contributed by atoms with van der Waals surface area (Å²) in [7, 11) is -3.84. The van der Waals surface area contributed by atoms with Gasteiger partial charge in [0.05, 0.1) is 0 Å². The van der Waals surface area contributed by atoms with Crippen LogP contribution in [-0.4, -0.2) is 24.3 Å². The number of hydrogen-bond acceptors (Lipinski definition) is 4. The van der Waals surface area contributed by atoms with E-state index in [0.717, 1.165) is 11.1 Å². The lowest BCUT2D eigenvalue weighted by Crippen LogP contribution is -2.36. The van der Waals surface area contributed by atoms with Gasteiger partial charge in [0.2, 0.25) is 10.9 Å². The van der Waals surface area contributed by atoms with Gasteiger partial charge in [-0.2, -0.15) is 9.29 Å². The predicted octanol–water partition coefficient (Wildman–Crippen LogP) is 4.76. The fourth-order valence-corrected chi connectivity index (χ4v) is 5.23. The molecule has 0 amide bonds. The molecular weight excluding hydrogens is 396 g/mol. The standard InChI is InChI=1S/C24H20N2O3S/c27-30(28,26-16-15-18-9-7-8-14-21(18)17-26)24-22(19-10-3-1-4-11-19)29-23(25-24)20-12-5-2-6-13-20/h1-14H,15-17H2. The summed E-state index contributed by atoms with van der Waals surface area (Å²) in [6, 6.07) is 26.6. The zero-order valence-corrected chi connectivity index (χ0v) is 17.0. The van der Waals surface area contributed by atoms with Gasteiger partial charge >= 0.3 is 0 Å². The van der Waals surface area contributed by atoms with E-state index in [2.05, 4.69) is 11.1 Å². The minimum atomic E-state index is -3.84. The minimum absolute atomic E-state index is 0.0352. The lowest BCUT2D eigenvalue weighted by atomic mass is 10.0. The van der Waals surface area contributed by atoms with Gasteiger partial charge in [-0.05, 0) is 29.7 Å². The Kier molecular flexibility index (Phi) is 4.73. The highest BCUT2D eigenvalue weighted by Gasteiger charge is 2.34. The average molecular weight is 417 g/mol. The molecule has 1 aliphatic rings. The Labute approximate surface area is 175 Å². The predicted molar refractivity (Wildman–Crippen MR) is 115 cm³/mol. The maximum Gasteiger partial charge on any atom is 0.264 e. The quantitative estimate of drug-likeness (QED) is 0.481. The summed E-state index contributed by atoms with van der Waals surface area (Å²) in [5.74, 6) is 0.568. The van der Waals surface area contributed by atoms with Crippen LogP contribution in [-0.2, 0) is 23.0 Å². The molecule has 0 N–H and O–H groups in total. The Balaban J connectivity index is 1.61. The molecule has 4 aromatic rings. The molecule has 0 fully saturated rings. The first-order valence-corrected chi connectivity index (χ1v) is 11.3. The molecule has 2 heterocycles. The molecule has 0 radical (unpaired) electrons. The van der Waals surface area contributed by atoms with Gasteiger partial charge < -0.3 is 4.42 Å². The van der Waals surface area contributed by atoms with Crippen LogP contribution in [0.25, 0.3) is 22.8 Å². The molecule has 5 rings (SSSR count). The summed E-state index contributed by atoms with van der Waals surface area (Å²) in [6.45, 7) is 0.751. The van der Waals surface area contributed by atoms with Crippen LogP contribution in [0.1, 0.15) is 11.1 Å². The van der Waals surface area contributed by atoms with Crippen LogP contribution in [0.3, 0.4) is 0 Å². The van der Waals surface area contributed by atoms with Crippen molar-refractivity contribution in [2.45, 2.75) is 18.0 Å². The summed E-state index contributed by atoms with van der Waals surface area (Å²) in [5.41, 5.74) is 3.64. The molecule has 3 aromatic carbocycles. The Morgan fingerprint density at radius 2 is 1.37 bits per heavy atom. The molecule has 1 aromatic heterocycles. The Morgan fingerprint density at radius 3 is 2.07 bits per heavy atom. The van der Waals surface area contributed by atoms with E-state index in [1.54, 1.807) is 0 Å². The van der Waals surface area contributed by atoms with E-state index in [9.17, 15) is 8.42 Å². The highest BCUT2D eigenvalue weighted by atomic mass is 32.2. The van der Waals surface area contributed by atoms with Crippen molar-refractivity contribution in [3.8, 4) is 22.8 Å². The lowest BCUT2D eigenvalue weighted by molar-refractivity contribution is 0.390. The molecule has 0 bridgehead atoms. The van der Waals surface area contributed by atoms with Crippen molar-refractivity contribution in [3.63, 3.8) is 0 Å². The number of benzene rings is 3. The topological polar surface area (TPSA) is 63.4 Å². The van der Waals surface area contributed by atoms with Crippen molar-refractivity contribution < 1.29 is 12.8 Å². The molecule has 1 aliphatic heterocycles. The van der Waals surface area contributed by atoms with Gasteiger partial charge in [-0.3, -0.25) is 0 Å². The van der Waals surface area contributed by atoms with Gasteiger partial charge in [0.15, 0.2) is 5.76 Å². The first kappa shape index (κ1) is 18.8. The summed E-state index contributed by atoms with van der Waals surface area (Å²) in [4.78, 5) is 4.46. The van der Waals surface area contributed by atoms with Gasteiger partial charge in [0.1, 0.15) is 0 Å². The van der Waals surface area contributed by atoms with Crippen LogP contribution in [0.4, 0.5) is 0 Å². The maximum absolute atomic E-state index is 13.6. The normalized spacial score (nSPS) is 14.4. The van der Waals surface area contributed by atoms with Crippen LogP contribution in [0.5, 0.6) is 0 Å². The Morgan fingerprint density at radius 1 is 0.767 bits per heavy atom. The van der Waals surface area contributed by atoms with E-state index < -0.39 is 10.0 Å². The number of fused-ring (bicyclic) bond motifs is 1. The van der Waals surface area contributed by atoms with Gasteiger partial charge in [-0.1, -0.05) is 72.8 Å². The van der Waals surface area contributed by atoms with E-state index in [1.165, 1.54) is 9.87 Å². The van der Waals surface area contributed by atoms with E-state index in [4.69, 9.17) is 4.42 Å². The molecule has 6 heteroatoms. The van der Waals surface area contributed by atoms with Crippen molar-refractivity contribution in [3.05, 3.63) is 96.1 Å². The fourth-order valence-electron chi connectivity index (χ4n) is 3.75. The number of oxazole rings is 1. The first-order valence-electron chi connectivity index (χ1n) is 9.81. The number of sulfonamides is 1. The third-order valence-electron chi connectivity index (χ3n) is 5.33. The van der Waals surface area contributed by atoms with Crippen LogP contribution in [0, 0.1) is 0 Å². The van der Waals surface area contributed by atoms with Crippen LogP contribution < -0.4 is 0 Å². The van der Waals surface area contributed by atoms with Crippen molar-refractivity contribution in [2.24, 2.45) is 0 Å². The van der Waals surface area contributed by atoms with Crippen molar-refractivity contribution >= 4 is 10.0 Å². The lowest BCUT2D eigenvalue weighted by Gasteiger charge is -2.27. The van der Waals surface area contributed by atoms with Crippen LogP contribution >= 0.6 is 0 Å². The zero-order valence-electron chi connectivity index (χ0n) is 16.2. The van der Waals surface area contributed by atoms with Gasteiger partial charge in [0.25, 0.3) is 10.0 Å². The molecular formula is C24H20N2O3S. The van der Waals surface area contributed by atoms with E-state index in [0.29, 0.717) is 31.0 Å². The van der Waals surface area contributed by atoms with E-state index in [1.807, 2.05) is 78.9 Å². The average Bonchev–Trinajstić information content (AvgIpc) is 3.26. The van der Waals surface area contributed by atoms with E-state index in [-0.39, 0.29) is 10.8 Å². The second-order valence-electron chi connectivity index (χ2n) is 7.24. The van der Waals surface area contributed by atoms with Crippen molar-refractivity contribution in [2.75, 3.05) is 6.54 Å². The minimum Gasteiger partial charge on any atom is -0.435 e. The van der Waals surface area contributed by atoms with Gasteiger partial charge in [0, 0.05) is 24.2 Å². The number of nitrogens with zero attached hydrogens (tertiary/aromatic N) is 2. The molecule has 0 aliphatic carbocycles. The molecule has 0 unspecified atom stereocenters. The summed E-state index contributed by atoms with van der Waals surface area (Å²) < 4.78 is 34.8. The molecule has 0 atom stereocenters. The monoisotopic (exact) mass is 416 g/mol. The summed E-state index contributed by atoms with van der Waals surface area (Å²) in [6.07, 6.45) is 0.680. The van der Waals surface area contributed by atoms with Crippen molar-refractivity contribution in [1.82, 2.24) is 9.29 Å². The fraction of sp³-hybridized carbons (Fsp3) is 0.125. The van der Waals surface area contributed by atoms with Gasteiger partial charge in [-0.15, -0.1) is 0 Å². The highest BCUT2D eigenvalue weighted by molar-refractivity contribution is 7.89. The molecule has 30 heavy (non-hydrogen) atoms. The van der Waals surface area contributed by atoms with Gasteiger partial charge in [-0.25, -0.2) is 8.42 Å². The van der Waals surface area contributed by atoms with Crippen LogP contribution in [0.15, 0.2) is 94.4 Å². The zero-order chi connectivity index (χ0) is 20.6. The third-order valence-corrected chi connectivity index (χ3v) is 7.09. The van der Waals surface area contributed by atoms with Crippen molar-refractivity contribution in [1.29, 1.82) is 0 Å². The smallest absolute Gasteiger partial charge is 0.264 e. The molecule has 0 saturated heterocycles. The highest BCUT2D eigenvalue weighted by Crippen LogP contribution is 2.35. The molecule has 0 spiro atoms. The molecule has 150 valence electrons. The summed E-state index contributed by atoms with van der Waals surface area (Å²) in [5, 5.41) is -0.0352. The molecule has 0 saturated carbocycles. The maximum atomic E-state index is 13.6. The number of rotatable bonds is 4. The van der Waals surface area contributed by atoms with Crippen LogP contribution in [0.2, 0.25) is 0 Å². The van der Waals surface area contributed by atoms with E-state index >= 15 is 0 Å². The number of aromatic nitrogens is 1. The Hall–Kier alpha value is -3.22. The Bertz CT molecular complexity index is 1280. The second-order valence-corrected chi connectivity index (χ2v) is 9.10.